The van der Waals surface area contributed by atoms with Crippen LogP contribution in [-0.2, 0) is 0 Å². The zero-order valence-electron chi connectivity index (χ0n) is 14.5. The lowest BCUT2D eigenvalue weighted by Gasteiger charge is -2.29. The van der Waals surface area contributed by atoms with Gasteiger partial charge < -0.3 is 14.6 Å². The van der Waals surface area contributed by atoms with Crippen LogP contribution in [0.2, 0.25) is 0 Å². The summed E-state index contributed by atoms with van der Waals surface area (Å²) in [6.45, 7) is 2.03. The Morgan fingerprint density at radius 3 is 3.04 bits per heavy atom. The zero-order valence-corrected chi connectivity index (χ0v) is 14.5. The Morgan fingerprint density at radius 1 is 1.26 bits per heavy atom. The van der Waals surface area contributed by atoms with Crippen LogP contribution in [0.25, 0.3) is 28.0 Å². The molecule has 5 heterocycles. The lowest BCUT2D eigenvalue weighted by atomic mass is 10.1. The number of hydrogen-bond donors (Lipinski definition) is 1. The second-order valence-electron chi connectivity index (χ2n) is 7.27. The van der Waals surface area contributed by atoms with Crippen LogP contribution in [-0.4, -0.2) is 39.5 Å². The number of fused-ring (bicyclic) bond motifs is 4. The molecule has 0 radical (unpaired) electrons. The van der Waals surface area contributed by atoms with Crippen molar-refractivity contribution >= 4 is 22.4 Å². The second-order valence-corrected chi connectivity index (χ2v) is 7.27. The molecule has 2 atom stereocenters. The average Bonchev–Trinajstić information content (AvgIpc) is 3.41. The molecule has 0 unspecified atom stereocenters. The largest absolute Gasteiger partial charge is 0.422 e. The van der Waals surface area contributed by atoms with Gasteiger partial charge in [0, 0.05) is 60.9 Å². The fourth-order valence-corrected chi connectivity index (χ4v) is 4.29. The number of hydrogen-bond acceptors (Lipinski definition) is 6. The van der Waals surface area contributed by atoms with Gasteiger partial charge in [0.05, 0.1) is 11.3 Å². The minimum atomic E-state index is -0.382. The number of nitrogens with zero attached hydrogens (tertiary/aromatic N) is 4. The molecule has 1 aromatic carbocycles. The molecule has 134 valence electrons. The predicted molar refractivity (Wildman–Crippen MR) is 102 cm³/mol. The highest BCUT2D eigenvalue weighted by molar-refractivity contribution is 5.84. The number of nitrogens with one attached hydrogen (secondary N) is 1. The van der Waals surface area contributed by atoms with E-state index in [9.17, 15) is 4.79 Å². The van der Waals surface area contributed by atoms with Gasteiger partial charge in [0.2, 0.25) is 5.78 Å². The molecule has 0 aliphatic carbocycles. The van der Waals surface area contributed by atoms with Crippen molar-refractivity contribution in [2.45, 2.75) is 18.5 Å². The topological polar surface area (TPSA) is 75.7 Å². The van der Waals surface area contributed by atoms with Gasteiger partial charge in [-0.2, -0.15) is 0 Å². The zero-order chi connectivity index (χ0) is 18.0. The third-order valence-electron chi connectivity index (χ3n) is 5.62. The van der Waals surface area contributed by atoms with Crippen LogP contribution in [0.5, 0.6) is 0 Å². The number of rotatable bonds is 2. The summed E-state index contributed by atoms with van der Waals surface area (Å²) in [6.07, 6.45) is 6.51. The molecule has 4 aromatic rings. The van der Waals surface area contributed by atoms with Crippen molar-refractivity contribution in [1.82, 2.24) is 19.7 Å². The number of aromatic nitrogens is 3. The highest BCUT2D eigenvalue weighted by Gasteiger charge is 2.37. The highest BCUT2D eigenvalue weighted by Crippen LogP contribution is 2.31. The van der Waals surface area contributed by atoms with E-state index in [1.54, 1.807) is 16.8 Å². The fourth-order valence-electron chi connectivity index (χ4n) is 4.29. The van der Waals surface area contributed by atoms with Crippen LogP contribution < -0.4 is 15.8 Å². The van der Waals surface area contributed by atoms with E-state index in [0.717, 1.165) is 24.2 Å². The van der Waals surface area contributed by atoms with Crippen LogP contribution in [0.4, 0.5) is 5.69 Å². The summed E-state index contributed by atoms with van der Waals surface area (Å²) in [5, 5.41) is 4.40. The van der Waals surface area contributed by atoms with Crippen molar-refractivity contribution < 1.29 is 4.42 Å². The molecule has 27 heavy (non-hydrogen) atoms. The average molecular weight is 359 g/mol. The molecule has 2 bridgehead atoms. The Hall–Kier alpha value is -3.19. The molecular weight excluding hydrogens is 342 g/mol. The second kappa shape index (κ2) is 5.40. The van der Waals surface area contributed by atoms with E-state index in [4.69, 9.17) is 4.42 Å². The van der Waals surface area contributed by atoms with Crippen molar-refractivity contribution in [3.8, 4) is 11.3 Å². The molecule has 1 N–H and O–H groups in total. The monoisotopic (exact) mass is 359 g/mol. The normalized spacial score (nSPS) is 21.6. The van der Waals surface area contributed by atoms with Gasteiger partial charge in [-0.25, -0.2) is 14.8 Å². The first-order chi connectivity index (χ1) is 13.2. The van der Waals surface area contributed by atoms with Crippen molar-refractivity contribution in [1.29, 1.82) is 0 Å². The number of benzene rings is 1. The van der Waals surface area contributed by atoms with Gasteiger partial charge in [-0.15, -0.1) is 0 Å². The van der Waals surface area contributed by atoms with Crippen molar-refractivity contribution in [2.75, 3.05) is 18.0 Å². The van der Waals surface area contributed by atoms with Crippen LogP contribution in [0.3, 0.4) is 0 Å². The van der Waals surface area contributed by atoms with E-state index < -0.39 is 0 Å². The quantitative estimate of drug-likeness (QED) is 0.552. The molecule has 2 aliphatic rings. The third kappa shape index (κ3) is 2.28. The van der Waals surface area contributed by atoms with E-state index >= 15 is 0 Å². The van der Waals surface area contributed by atoms with Gasteiger partial charge in [-0.3, -0.25) is 4.40 Å². The Labute approximate surface area is 154 Å². The third-order valence-corrected chi connectivity index (χ3v) is 5.62. The van der Waals surface area contributed by atoms with Gasteiger partial charge in [-0.05, 0) is 30.7 Å². The van der Waals surface area contributed by atoms with E-state index in [0.29, 0.717) is 34.7 Å². The summed E-state index contributed by atoms with van der Waals surface area (Å²) in [5.41, 5.74) is 2.36. The molecular formula is C20H17N5O2. The van der Waals surface area contributed by atoms with Crippen molar-refractivity contribution in [3.05, 3.63) is 59.3 Å². The smallest absolute Gasteiger partial charge is 0.345 e. The van der Waals surface area contributed by atoms with Crippen LogP contribution in [0, 0.1) is 0 Å². The molecule has 2 saturated heterocycles. The van der Waals surface area contributed by atoms with E-state index in [1.165, 1.54) is 6.42 Å². The molecule has 0 amide bonds. The van der Waals surface area contributed by atoms with Crippen LogP contribution in [0.15, 0.2) is 58.1 Å². The fraction of sp³-hybridized carbons (Fsp3) is 0.250. The maximum absolute atomic E-state index is 12.6. The molecule has 2 aliphatic heterocycles. The van der Waals surface area contributed by atoms with Gasteiger partial charge in [-0.1, -0.05) is 0 Å². The summed E-state index contributed by atoms with van der Waals surface area (Å²) >= 11 is 0. The van der Waals surface area contributed by atoms with Gasteiger partial charge >= 0.3 is 5.63 Å². The lowest BCUT2D eigenvalue weighted by Crippen LogP contribution is -2.43. The maximum atomic E-state index is 12.6. The SMILES string of the molecule is O=c1oc2cc(N3C[C@@H]4C[C@H]3CN4)ccc2cc1-c1cn2cccnc2n1. The molecule has 6 rings (SSSR count). The number of piperazine rings is 1. The number of anilines is 1. The summed E-state index contributed by atoms with van der Waals surface area (Å²) in [6, 6.07) is 10.9. The molecule has 0 spiro atoms. The standard InChI is InChI=1S/C20H17N5O2/c26-19-16(17-11-24-5-1-4-21-20(24)23-17)6-12-2-3-14(8-18(12)27-19)25-10-13-7-15(25)9-22-13/h1-6,8,11,13,15,22H,7,9-10H2/t13-,15-/m0/s1. The Morgan fingerprint density at radius 2 is 2.22 bits per heavy atom. The van der Waals surface area contributed by atoms with E-state index in [1.807, 2.05) is 30.5 Å². The van der Waals surface area contributed by atoms with Crippen molar-refractivity contribution in [2.24, 2.45) is 0 Å². The molecule has 3 aromatic heterocycles. The Bertz CT molecular complexity index is 1210. The summed E-state index contributed by atoms with van der Waals surface area (Å²) in [5.74, 6) is 0.556. The maximum Gasteiger partial charge on any atom is 0.345 e. The predicted octanol–water partition coefficient (Wildman–Crippen LogP) is 2.05. The highest BCUT2D eigenvalue weighted by atomic mass is 16.4. The first-order valence-corrected chi connectivity index (χ1v) is 9.13. The molecule has 7 nitrogen and oxygen atoms in total. The lowest BCUT2D eigenvalue weighted by molar-refractivity contribution is 0.561. The minimum Gasteiger partial charge on any atom is -0.422 e. The first kappa shape index (κ1) is 14.9. The van der Waals surface area contributed by atoms with Gasteiger partial charge in [0.25, 0.3) is 0 Å². The van der Waals surface area contributed by atoms with E-state index in [2.05, 4.69) is 26.3 Å². The molecule has 0 saturated carbocycles. The minimum absolute atomic E-state index is 0.382. The Kier molecular flexibility index (Phi) is 2.99. The van der Waals surface area contributed by atoms with Crippen molar-refractivity contribution in [3.63, 3.8) is 0 Å². The summed E-state index contributed by atoms with van der Waals surface area (Å²) in [7, 11) is 0. The van der Waals surface area contributed by atoms with E-state index in [-0.39, 0.29) is 5.63 Å². The number of imidazole rings is 1. The van der Waals surface area contributed by atoms with Crippen LogP contribution in [0.1, 0.15) is 6.42 Å². The summed E-state index contributed by atoms with van der Waals surface area (Å²) in [4.78, 5) is 23.7. The Balaban J connectivity index is 1.44. The van der Waals surface area contributed by atoms with Crippen LogP contribution >= 0.6 is 0 Å². The molecule has 2 fully saturated rings. The van der Waals surface area contributed by atoms with Gasteiger partial charge in [0.1, 0.15) is 5.58 Å². The summed E-state index contributed by atoms with van der Waals surface area (Å²) < 4.78 is 7.45. The first-order valence-electron chi connectivity index (χ1n) is 9.13. The van der Waals surface area contributed by atoms with Gasteiger partial charge in [0.15, 0.2) is 0 Å². The molecule has 7 heteroatoms.